The van der Waals surface area contributed by atoms with Crippen LogP contribution in [0, 0.1) is 0 Å². The number of ether oxygens (including phenoxy) is 1. The third kappa shape index (κ3) is 4.41. The Morgan fingerprint density at radius 1 is 1.00 bits per heavy atom. The van der Waals surface area contributed by atoms with Gasteiger partial charge in [0.1, 0.15) is 5.75 Å². The van der Waals surface area contributed by atoms with Crippen LogP contribution < -0.4 is 10.1 Å². The molecule has 0 aromatic heterocycles. The summed E-state index contributed by atoms with van der Waals surface area (Å²) in [6, 6.07) is 14.5. The summed E-state index contributed by atoms with van der Waals surface area (Å²) in [5.74, 6) is 1.12. The third-order valence-corrected chi connectivity index (χ3v) is 4.92. The summed E-state index contributed by atoms with van der Waals surface area (Å²) in [6.07, 6.45) is 3.57. The van der Waals surface area contributed by atoms with Crippen LogP contribution in [0.15, 0.2) is 42.5 Å². The Hall–Kier alpha value is -2.29. The Kier molecular flexibility index (Phi) is 5.42. The van der Waals surface area contributed by atoms with Gasteiger partial charge in [-0.3, -0.25) is 4.79 Å². The monoisotopic (exact) mass is 337 g/mol. The first-order valence-electron chi connectivity index (χ1n) is 9.17. The molecule has 3 rings (SSSR count). The Labute approximate surface area is 150 Å². The topological polar surface area (TPSA) is 38.3 Å². The predicted molar refractivity (Wildman–Crippen MR) is 101 cm³/mol. The molecule has 0 saturated heterocycles. The predicted octanol–water partition coefficient (Wildman–Crippen LogP) is 4.55. The van der Waals surface area contributed by atoms with Gasteiger partial charge in [-0.25, -0.2) is 0 Å². The summed E-state index contributed by atoms with van der Waals surface area (Å²) in [4.78, 5) is 12.2. The molecule has 3 nitrogen and oxygen atoms in total. The van der Waals surface area contributed by atoms with Gasteiger partial charge in [0.2, 0.25) is 0 Å². The van der Waals surface area contributed by atoms with Crippen LogP contribution >= 0.6 is 0 Å². The van der Waals surface area contributed by atoms with Crippen molar-refractivity contribution in [1.82, 2.24) is 5.32 Å². The zero-order valence-corrected chi connectivity index (χ0v) is 15.3. The fraction of sp³-hybridized carbons (Fsp3) is 0.409. The van der Waals surface area contributed by atoms with Crippen LogP contribution in [0.25, 0.3) is 0 Å². The van der Waals surface area contributed by atoms with Crippen LogP contribution in [0.1, 0.15) is 61.4 Å². The molecule has 0 bridgehead atoms. The lowest BCUT2D eigenvalue weighted by atomic mass is 10.0. The van der Waals surface area contributed by atoms with E-state index < -0.39 is 0 Å². The quantitative estimate of drug-likeness (QED) is 0.839. The molecule has 3 heteroatoms. The number of hydrogen-bond acceptors (Lipinski definition) is 2. The summed E-state index contributed by atoms with van der Waals surface area (Å²) in [7, 11) is 0. The molecule has 0 unspecified atom stereocenters. The highest BCUT2D eigenvalue weighted by Gasteiger charge is 2.15. The molecule has 2 aromatic carbocycles. The van der Waals surface area contributed by atoms with Gasteiger partial charge in [0.15, 0.2) is 6.61 Å². The maximum atomic E-state index is 12.2. The zero-order valence-electron chi connectivity index (χ0n) is 15.3. The van der Waals surface area contributed by atoms with Crippen molar-refractivity contribution in [2.75, 3.05) is 6.61 Å². The summed E-state index contributed by atoms with van der Waals surface area (Å²) >= 11 is 0. The molecule has 1 amide bonds. The highest BCUT2D eigenvalue weighted by atomic mass is 16.5. The van der Waals surface area contributed by atoms with E-state index >= 15 is 0 Å². The second-order valence-corrected chi connectivity index (χ2v) is 7.18. The van der Waals surface area contributed by atoms with Crippen LogP contribution in [-0.2, 0) is 17.6 Å². The van der Waals surface area contributed by atoms with E-state index in [2.05, 4.69) is 37.4 Å². The van der Waals surface area contributed by atoms with Crippen LogP contribution in [0.4, 0.5) is 0 Å². The molecule has 0 fully saturated rings. The number of aryl methyl sites for hydroxylation is 2. The minimum atomic E-state index is -0.0964. The van der Waals surface area contributed by atoms with Gasteiger partial charge in [0, 0.05) is 0 Å². The molecule has 1 N–H and O–H groups in total. The third-order valence-electron chi connectivity index (χ3n) is 4.92. The molecular formula is C22H27NO2. The lowest BCUT2D eigenvalue weighted by molar-refractivity contribution is -0.123. The van der Waals surface area contributed by atoms with E-state index in [-0.39, 0.29) is 18.6 Å². The van der Waals surface area contributed by atoms with E-state index in [1.807, 2.05) is 31.2 Å². The standard InChI is InChI=1S/C22H27NO2/c1-15(2)17-9-11-21(12-10-17)25-14-22(24)23-16(3)19-8-7-18-5-4-6-20(18)13-19/h7-13,15-16H,4-6,14H2,1-3H3,(H,23,24)/t16-/m0/s1. The summed E-state index contributed by atoms with van der Waals surface area (Å²) in [5.41, 5.74) is 5.31. The molecule has 2 aromatic rings. The number of rotatable bonds is 6. The van der Waals surface area contributed by atoms with Gasteiger partial charge in [-0.15, -0.1) is 0 Å². The largest absolute Gasteiger partial charge is 0.484 e. The van der Waals surface area contributed by atoms with E-state index in [0.29, 0.717) is 5.92 Å². The van der Waals surface area contributed by atoms with Crippen molar-refractivity contribution < 1.29 is 9.53 Å². The van der Waals surface area contributed by atoms with Gasteiger partial charge in [-0.05, 0) is 66.5 Å². The maximum absolute atomic E-state index is 12.2. The van der Waals surface area contributed by atoms with E-state index in [1.165, 1.54) is 29.5 Å². The normalized spacial score (nSPS) is 14.2. The van der Waals surface area contributed by atoms with Crippen molar-refractivity contribution in [1.29, 1.82) is 0 Å². The molecule has 1 aliphatic carbocycles. The number of nitrogens with one attached hydrogen (secondary N) is 1. The number of amides is 1. The fourth-order valence-electron chi connectivity index (χ4n) is 3.33. The Bertz CT molecular complexity index is 734. The van der Waals surface area contributed by atoms with Gasteiger partial charge < -0.3 is 10.1 Å². The molecule has 0 spiro atoms. The smallest absolute Gasteiger partial charge is 0.258 e. The van der Waals surface area contributed by atoms with Crippen molar-refractivity contribution >= 4 is 5.91 Å². The van der Waals surface area contributed by atoms with Crippen molar-refractivity contribution in [3.63, 3.8) is 0 Å². The molecule has 132 valence electrons. The summed E-state index contributed by atoms with van der Waals surface area (Å²) in [5, 5.41) is 3.02. The van der Waals surface area contributed by atoms with Crippen LogP contribution in [0.5, 0.6) is 5.75 Å². The first-order valence-corrected chi connectivity index (χ1v) is 9.17. The average molecular weight is 337 g/mol. The lowest BCUT2D eigenvalue weighted by Crippen LogP contribution is -2.31. The van der Waals surface area contributed by atoms with Crippen molar-refractivity contribution in [2.45, 2.75) is 52.0 Å². The highest BCUT2D eigenvalue weighted by molar-refractivity contribution is 5.78. The number of hydrogen-bond donors (Lipinski definition) is 1. The molecular weight excluding hydrogens is 310 g/mol. The summed E-state index contributed by atoms with van der Waals surface area (Å²) < 4.78 is 5.60. The van der Waals surface area contributed by atoms with Gasteiger partial charge in [0.05, 0.1) is 6.04 Å². The Morgan fingerprint density at radius 3 is 2.40 bits per heavy atom. The van der Waals surface area contributed by atoms with E-state index in [0.717, 1.165) is 17.7 Å². The molecule has 0 heterocycles. The second kappa shape index (κ2) is 7.73. The van der Waals surface area contributed by atoms with Gasteiger partial charge in [-0.2, -0.15) is 0 Å². The van der Waals surface area contributed by atoms with Gasteiger partial charge in [-0.1, -0.05) is 44.2 Å². The fourth-order valence-corrected chi connectivity index (χ4v) is 3.33. The van der Waals surface area contributed by atoms with Crippen LogP contribution in [0.2, 0.25) is 0 Å². The molecule has 25 heavy (non-hydrogen) atoms. The average Bonchev–Trinajstić information content (AvgIpc) is 3.08. The number of carbonyl (C=O) groups excluding carboxylic acids is 1. The molecule has 1 aliphatic rings. The number of fused-ring (bicyclic) bond motifs is 1. The molecule has 0 aliphatic heterocycles. The lowest BCUT2D eigenvalue weighted by Gasteiger charge is -2.16. The number of benzene rings is 2. The maximum Gasteiger partial charge on any atom is 0.258 e. The molecule has 1 atom stereocenters. The Morgan fingerprint density at radius 2 is 1.68 bits per heavy atom. The van der Waals surface area contributed by atoms with Gasteiger partial charge in [0.25, 0.3) is 5.91 Å². The van der Waals surface area contributed by atoms with Gasteiger partial charge >= 0.3 is 0 Å². The van der Waals surface area contributed by atoms with Crippen LogP contribution in [0.3, 0.4) is 0 Å². The second-order valence-electron chi connectivity index (χ2n) is 7.18. The van der Waals surface area contributed by atoms with Crippen molar-refractivity contribution in [3.05, 3.63) is 64.7 Å². The number of carbonyl (C=O) groups is 1. The minimum Gasteiger partial charge on any atom is -0.484 e. The first-order chi connectivity index (χ1) is 12.0. The van der Waals surface area contributed by atoms with Crippen molar-refractivity contribution in [2.24, 2.45) is 0 Å². The van der Waals surface area contributed by atoms with E-state index in [9.17, 15) is 4.79 Å². The van der Waals surface area contributed by atoms with E-state index in [4.69, 9.17) is 4.74 Å². The molecule has 0 saturated carbocycles. The zero-order chi connectivity index (χ0) is 17.8. The Balaban J connectivity index is 1.51. The minimum absolute atomic E-state index is 0.00897. The highest BCUT2D eigenvalue weighted by Crippen LogP contribution is 2.25. The molecule has 0 radical (unpaired) electrons. The first kappa shape index (κ1) is 17.5. The van der Waals surface area contributed by atoms with Crippen molar-refractivity contribution in [3.8, 4) is 5.75 Å². The van der Waals surface area contributed by atoms with E-state index in [1.54, 1.807) is 0 Å². The van der Waals surface area contributed by atoms with Crippen LogP contribution in [-0.4, -0.2) is 12.5 Å². The summed E-state index contributed by atoms with van der Waals surface area (Å²) in [6.45, 7) is 6.37. The SMILES string of the molecule is CC(C)c1ccc(OCC(=O)N[C@@H](C)c2ccc3c(c2)CCC3)cc1.